The molecule has 3 aromatic heterocycles. The van der Waals surface area contributed by atoms with Gasteiger partial charge in [0, 0.05) is 18.5 Å². The molecule has 0 bridgehead atoms. The predicted molar refractivity (Wildman–Crippen MR) is 87.7 cm³/mol. The van der Waals surface area contributed by atoms with Crippen LogP contribution >= 0.6 is 22.9 Å². The zero-order valence-corrected chi connectivity index (χ0v) is 12.8. The molecule has 3 heterocycles. The zero-order valence-electron chi connectivity index (χ0n) is 11.3. The average molecular weight is 328 g/mol. The molecule has 22 heavy (non-hydrogen) atoms. The predicted octanol–water partition coefficient (Wildman–Crippen LogP) is 5.32. The number of nitrogens with zero attached hydrogens (tertiary/aromatic N) is 2. The molecule has 0 saturated carbocycles. The van der Waals surface area contributed by atoms with E-state index in [0.29, 0.717) is 0 Å². The first kappa shape index (κ1) is 13.5. The van der Waals surface area contributed by atoms with Gasteiger partial charge in [0.25, 0.3) is 0 Å². The van der Waals surface area contributed by atoms with Crippen LogP contribution in [0.4, 0.5) is 4.39 Å². The summed E-state index contributed by atoms with van der Waals surface area (Å²) >= 11 is 7.47. The van der Waals surface area contributed by atoms with Crippen LogP contribution in [0, 0.1) is 11.9 Å². The van der Waals surface area contributed by atoms with E-state index in [1.54, 1.807) is 6.07 Å². The number of benzene rings is 1. The number of imidazole rings is 1. The molecule has 0 spiro atoms. The summed E-state index contributed by atoms with van der Waals surface area (Å²) in [5.74, 6) is -0.364. The van der Waals surface area contributed by atoms with Crippen molar-refractivity contribution in [3.8, 4) is 21.7 Å². The summed E-state index contributed by atoms with van der Waals surface area (Å²) in [6.45, 7) is 0. The number of rotatable bonds is 2. The Morgan fingerprint density at radius 2 is 2.00 bits per heavy atom. The van der Waals surface area contributed by atoms with Crippen molar-refractivity contribution in [2.75, 3.05) is 0 Å². The summed E-state index contributed by atoms with van der Waals surface area (Å²) in [6, 6.07) is 15.3. The second-order valence-corrected chi connectivity index (χ2v) is 6.54. The molecule has 0 fully saturated rings. The van der Waals surface area contributed by atoms with E-state index < -0.39 is 0 Å². The first-order chi connectivity index (χ1) is 10.7. The normalized spacial score (nSPS) is 11.2. The molecule has 5 heteroatoms. The fourth-order valence-corrected chi connectivity index (χ4v) is 3.33. The van der Waals surface area contributed by atoms with Gasteiger partial charge in [-0.05, 0) is 41.5 Å². The van der Waals surface area contributed by atoms with Gasteiger partial charge in [0.1, 0.15) is 11.5 Å². The molecule has 1 radical (unpaired) electrons. The van der Waals surface area contributed by atoms with Gasteiger partial charge >= 0.3 is 0 Å². The summed E-state index contributed by atoms with van der Waals surface area (Å²) in [6.07, 6.45) is 3.87. The number of pyridine rings is 1. The van der Waals surface area contributed by atoms with Crippen LogP contribution in [-0.2, 0) is 0 Å². The number of hydrogen-bond acceptors (Lipinski definition) is 2. The minimum absolute atomic E-state index is 0.364. The van der Waals surface area contributed by atoms with Gasteiger partial charge in [-0.15, -0.1) is 11.3 Å². The highest BCUT2D eigenvalue weighted by Gasteiger charge is 2.08. The molecule has 4 aromatic rings. The van der Waals surface area contributed by atoms with Crippen LogP contribution in [0.5, 0.6) is 0 Å². The summed E-state index contributed by atoms with van der Waals surface area (Å²) in [7, 11) is 0. The summed E-state index contributed by atoms with van der Waals surface area (Å²) < 4.78 is 16.0. The highest BCUT2D eigenvalue weighted by atomic mass is 35.5. The van der Waals surface area contributed by atoms with E-state index in [-0.39, 0.29) is 5.82 Å². The van der Waals surface area contributed by atoms with Gasteiger partial charge in [0.15, 0.2) is 0 Å². The summed E-state index contributed by atoms with van der Waals surface area (Å²) in [5, 5.41) is 0. The van der Waals surface area contributed by atoms with Crippen LogP contribution in [0.2, 0.25) is 4.34 Å². The van der Waals surface area contributed by atoms with Crippen molar-refractivity contribution in [1.82, 2.24) is 9.38 Å². The van der Waals surface area contributed by atoms with Crippen molar-refractivity contribution in [3.63, 3.8) is 0 Å². The molecule has 0 aliphatic rings. The highest BCUT2D eigenvalue weighted by molar-refractivity contribution is 7.19. The Morgan fingerprint density at radius 1 is 1.09 bits per heavy atom. The van der Waals surface area contributed by atoms with Gasteiger partial charge in [-0.25, -0.2) is 9.37 Å². The monoisotopic (exact) mass is 327 g/mol. The molecular formula is C17H9ClFN2S. The lowest BCUT2D eigenvalue weighted by molar-refractivity contribution is 0.626. The molecule has 0 aliphatic heterocycles. The van der Waals surface area contributed by atoms with E-state index in [1.807, 2.05) is 47.1 Å². The van der Waals surface area contributed by atoms with E-state index in [9.17, 15) is 4.39 Å². The number of hydrogen-bond donors (Lipinski definition) is 0. The second kappa shape index (κ2) is 5.23. The molecule has 0 unspecified atom stereocenters. The molecule has 4 rings (SSSR count). The van der Waals surface area contributed by atoms with E-state index in [4.69, 9.17) is 11.6 Å². The van der Waals surface area contributed by atoms with E-state index in [2.05, 4.69) is 11.1 Å². The Hall–Kier alpha value is -2.17. The minimum Gasteiger partial charge on any atom is -0.306 e. The van der Waals surface area contributed by atoms with Gasteiger partial charge < -0.3 is 4.40 Å². The van der Waals surface area contributed by atoms with Crippen LogP contribution in [0.15, 0.2) is 54.9 Å². The summed E-state index contributed by atoms with van der Waals surface area (Å²) in [5.41, 5.74) is 3.31. The van der Waals surface area contributed by atoms with Gasteiger partial charge in [-0.1, -0.05) is 23.7 Å². The Kier molecular flexibility index (Phi) is 3.21. The first-order valence-electron chi connectivity index (χ1n) is 6.62. The maximum atomic E-state index is 13.3. The number of halogens is 2. The van der Waals surface area contributed by atoms with Crippen LogP contribution in [-0.4, -0.2) is 9.38 Å². The molecule has 2 nitrogen and oxygen atoms in total. The quantitative estimate of drug-likeness (QED) is 0.487. The second-order valence-electron chi connectivity index (χ2n) is 4.83. The third-order valence-corrected chi connectivity index (χ3v) is 4.60. The Morgan fingerprint density at radius 3 is 2.77 bits per heavy atom. The lowest BCUT2D eigenvalue weighted by Crippen LogP contribution is -1.86. The van der Waals surface area contributed by atoms with Gasteiger partial charge in [0.05, 0.1) is 14.9 Å². The lowest BCUT2D eigenvalue weighted by atomic mass is 10.1. The van der Waals surface area contributed by atoms with E-state index in [0.717, 1.165) is 31.7 Å². The standard InChI is InChI=1S/C17H9ClFN2S/c18-16-6-5-15(22-16)14-10-21-9-12(4-7-17(21)20-14)11-2-1-3-13(19)8-11/h1-7,9-10H. The topological polar surface area (TPSA) is 17.3 Å². The molecule has 0 saturated heterocycles. The molecule has 0 aliphatic carbocycles. The van der Waals surface area contributed by atoms with Crippen molar-refractivity contribution in [2.24, 2.45) is 0 Å². The smallest absolute Gasteiger partial charge is 0.137 e. The van der Waals surface area contributed by atoms with Crippen molar-refractivity contribution in [1.29, 1.82) is 0 Å². The maximum absolute atomic E-state index is 13.3. The van der Waals surface area contributed by atoms with Crippen molar-refractivity contribution in [3.05, 3.63) is 71.1 Å². The molecule has 0 N–H and O–H groups in total. The molecule has 107 valence electrons. The third-order valence-electron chi connectivity index (χ3n) is 3.35. The Labute approximate surface area is 135 Å². The van der Waals surface area contributed by atoms with Crippen molar-refractivity contribution >= 4 is 28.6 Å². The van der Waals surface area contributed by atoms with Gasteiger partial charge in [0.2, 0.25) is 0 Å². The van der Waals surface area contributed by atoms with Crippen LogP contribution in [0.25, 0.3) is 27.3 Å². The number of aromatic nitrogens is 2. The van der Waals surface area contributed by atoms with E-state index >= 15 is 0 Å². The number of thiophene rings is 1. The van der Waals surface area contributed by atoms with Crippen LogP contribution in [0.1, 0.15) is 0 Å². The van der Waals surface area contributed by atoms with Crippen LogP contribution in [0.3, 0.4) is 0 Å². The largest absolute Gasteiger partial charge is 0.306 e. The molecule has 1 aromatic carbocycles. The average Bonchev–Trinajstić information content (AvgIpc) is 3.12. The van der Waals surface area contributed by atoms with Crippen LogP contribution < -0.4 is 0 Å². The fourth-order valence-electron chi connectivity index (χ4n) is 2.33. The third kappa shape index (κ3) is 2.40. The SMILES string of the molecule is Fc1[c]c(-c2ccc3nc(-c4ccc(Cl)s4)cn3c2)ccc1. The molecule has 0 atom stereocenters. The van der Waals surface area contributed by atoms with Gasteiger partial charge in [-0.2, -0.15) is 0 Å². The molecule has 0 amide bonds. The van der Waals surface area contributed by atoms with E-state index in [1.165, 1.54) is 17.4 Å². The minimum atomic E-state index is -0.364. The summed E-state index contributed by atoms with van der Waals surface area (Å²) in [4.78, 5) is 5.60. The highest BCUT2D eigenvalue weighted by Crippen LogP contribution is 2.31. The fraction of sp³-hybridized carbons (Fsp3) is 0. The molecular weight excluding hydrogens is 319 g/mol. The Balaban J connectivity index is 1.81. The van der Waals surface area contributed by atoms with Crippen molar-refractivity contribution < 1.29 is 4.39 Å². The van der Waals surface area contributed by atoms with Gasteiger partial charge in [-0.3, -0.25) is 0 Å². The number of fused-ring (bicyclic) bond motifs is 1. The first-order valence-corrected chi connectivity index (χ1v) is 7.81. The maximum Gasteiger partial charge on any atom is 0.137 e. The Bertz CT molecular complexity index is 974. The van der Waals surface area contributed by atoms with Crippen molar-refractivity contribution in [2.45, 2.75) is 0 Å². The zero-order chi connectivity index (χ0) is 15.1. The lowest BCUT2D eigenvalue weighted by Gasteiger charge is -2.02.